The largest absolute Gasteiger partial charge is 0.390 e. The lowest BCUT2D eigenvalue weighted by molar-refractivity contribution is 0.00962. The summed E-state index contributed by atoms with van der Waals surface area (Å²) in [6.45, 7) is 3.78. The molecule has 0 aliphatic rings. The number of halogens is 2. The molecule has 0 radical (unpaired) electrons. The molecule has 1 atom stereocenters. The van der Waals surface area contributed by atoms with Crippen LogP contribution in [0.3, 0.4) is 0 Å². The molecule has 0 rings (SSSR count). The molecule has 0 aromatic carbocycles. The van der Waals surface area contributed by atoms with Gasteiger partial charge in [-0.2, -0.15) is 19.0 Å². The Kier molecular flexibility index (Phi) is 5.45. The quantitative estimate of drug-likeness (QED) is 0.543. The van der Waals surface area contributed by atoms with Crippen LogP contribution in [0.25, 0.3) is 0 Å². The van der Waals surface area contributed by atoms with Gasteiger partial charge in [0, 0.05) is 12.1 Å². The average Bonchev–Trinajstić information content (AvgIpc) is 2.17. The van der Waals surface area contributed by atoms with Gasteiger partial charge in [0.2, 0.25) is 0 Å². The SMILES string of the molecule is C/C=N/N=C(/C(C)CC)C(F)(F)CO. The van der Waals surface area contributed by atoms with Crippen LogP contribution >= 0.6 is 0 Å². The molecule has 0 spiro atoms. The minimum atomic E-state index is -3.28. The zero-order valence-corrected chi connectivity index (χ0v) is 8.67. The van der Waals surface area contributed by atoms with Crippen molar-refractivity contribution in [2.45, 2.75) is 33.1 Å². The molecule has 0 saturated heterocycles. The maximum Gasteiger partial charge on any atom is 0.310 e. The second-order valence-electron chi connectivity index (χ2n) is 3.03. The van der Waals surface area contributed by atoms with E-state index in [-0.39, 0.29) is 11.6 Å². The molecular weight excluding hydrogens is 190 g/mol. The number of nitrogens with zero attached hydrogens (tertiary/aromatic N) is 2. The van der Waals surface area contributed by atoms with Gasteiger partial charge < -0.3 is 5.11 Å². The molecule has 0 aromatic rings. The van der Waals surface area contributed by atoms with Gasteiger partial charge in [-0.1, -0.05) is 13.8 Å². The lowest BCUT2D eigenvalue weighted by atomic mass is 9.98. The fourth-order valence-corrected chi connectivity index (χ4v) is 0.926. The van der Waals surface area contributed by atoms with Crippen LogP contribution in [0.5, 0.6) is 0 Å². The van der Waals surface area contributed by atoms with E-state index in [1.54, 1.807) is 20.8 Å². The minimum absolute atomic E-state index is 0.361. The Hall–Kier alpha value is -0.840. The monoisotopic (exact) mass is 206 g/mol. The van der Waals surface area contributed by atoms with Gasteiger partial charge in [-0.25, -0.2) is 0 Å². The lowest BCUT2D eigenvalue weighted by Gasteiger charge is -2.19. The number of aliphatic hydroxyl groups is 1. The van der Waals surface area contributed by atoms with Gasteiger partial charge in [0.25, 0.3) is 0 Å². The number of rotatable bonds is 5. The summed E-state index contributed by atoms with van der Waals surface area (Å²) >= 11 is 0. The molecule has 82 valence electrons. The average molecular weight is 206 g/mol. The number of alkyl halides is 2. The van der Waals surface area contributed by atoms with Gasteiger partial charge in [-0.05, 0) is 13.3 Å². The second kappa shape index (κ2) is 5.80. The Labute approximate surface area is 82.5 Å². The zero-order valence-electron chi connectivity index (χ0n) is 8.67. The van der Waals surface area contributed by atoms with Crippen molar-refractivity contribution in [2.75, 3.05) is 6.61 Å². The van der Waals surface area contributed by atoms with Gasteiger partial charge in [0.1, 0.15) is 12.3 Å². The molecule has 0 aromatic heterocycles. The summed E-state index contributed by atoms with van der Waals surface area (Å²) in [5.41, 5.74) is -0.361. The van der Waals surface area contributed by atoms with E-state index in [4.69, 9.17) is 5.11 Å². The molecular formula is C9H16F2N2O. The molecule has 1 N–H and O–H groups in total. The highest BCUT2D eigenvalue weighted by Crippen LogP contribution is 2.22. The maximum atomic E-state index is 13.1. The summed E-state index contributed by atoms with van der Waals surface area (Å²) in [6.07, 6.45) is 1.86. The summed E-state index contributed by atoms with van der Waals surface area (Å²) in [4.78, 5) is 0. The molecule has 0 aliphatic heterocycles. The topological polar surface area (TPSA) is 45.0 Å². The van der Waals surface area contributed by atoms with Crippen LogP contribution in [0.2, 0.25) is 0 Å². The predicted molar refractivity (Wildman–Crippen MR) is 53.1 cm³/mol. The van der Waals surface area contributed by atoms with E-state index in [0.29, 0.717) is 6.42 Å². The van der Waals surface area contributed by atoms with E-state index in [1.165, 1.54) is 6.21 Å². The molecule has 0 fully saturated rings. The van der Waals surface area contributed by atoms with Crippen LogP contribution in [0, 0.1) is 5.92 Å². The van der Waals surface area contributed by atoms with Crippen LogP contribution in [0.4, 0.5) is 8.78 Å². The van der Waals surface area contributed by atoms with Gasteiger partial charge in [-0.3, -0.25) is 0 Å². The molecule has 5 heteroatoms. The lowest BCUT2D eigenvalue weighted by Crippen LogP contribution is -2.36. The third kappa shape index (κ3) is 3.49. The van der Waals surface area contributed by atoms with Crippen molar-refractivity contribution < 1.29 is 13.9 Å². The predicted octanol–water partition coefficient (Wildman–Crippen LogP) is 2.11. The van der Waals surface area contributed by atoms with Crippen molar-refractivity contribution in [1.82, 2.24) is 0 Å². The summed E-state index contributed by atoms with van der Waals surface area (Å²) in [6, 6.07) is 0. The van der Waals surface area contributed by atoms with Crippen LogP contribution < -0.4 is 0 Å². The van der Waals surface area contributed by atoms with E-state index in [2.05, 4.69) is 10.2 Å². The molecule has 0 bridgehead atoms. The zero-order chi connectivity index (χ0) is 11.2. The Morgan fingerprint density at radius 2 is 2.14 bits per heavy atom. The Balaban J connectivity index is 4.90. The molecule has 0 aliphatic carbocycles. The standard InChI is InChI=1S/C9H16F2N2O/c1-4-7(3)8(13-12-5-2)9(10,11)6-14/h5,7,14H,4,6H2,1-3H3/b12-5+,13-8-. The normalized spacial score (nSPS) is 16.3. The van der Waals surface area contributed by atoms with Crippen LogP contribution in [0.1, 0.15) is 27.2 Å². The third-order valence-electron chi connectivity index (χ3n) is 1.93. The van der Waals surface area contributed by atoms with E-state index in [1.807, 2.05) is 0 Å². The van der Waals surface area contributed by atoms with E-state index < -0.39 is 12.5 Å². The van der Waals surface area contributed by atoms with Crippen LogP contribution in [0.15, 0.2) is 10.2 Å². The smallest absolute Gasteiger partial charge is 0.310 e. The van der Waals surface area contributed by atoms with Crippen molar-refractivity contribution in [2.24, 2.45) is 16.1 Å². The van der Waals surface area contributed by atoms with Gasteiger partial charge in [0.15, 0.2) is 0 Å². The summed E-state index contributed by atoms with van der Waals surface area (Å²) in [7, 11) is 0. The van der Waals surface area contributed by atoms with Crippen molar-refractivity contribution in [1.29, 1.82) is 0 Å². The highest BCUT2D eigenvalue weighted by molar-refractivity contribution is 5.93. The van der Waals surface area contributed by atoms with Crippen LogP contribution in [-0.2, 0) is 0 Å². The molecule has 14 heavy (non-hydrogen) atoms. The molecule has 3 nitrogen and oxygen atoms in total. The summed E-state index contributed by atoms with van der Waals surface area (Å²) in [5.74, 6) is -3.66. The number of hydrogen-bond acceptors (Lipinski definition) is 3. The minimum Gasteiger partial charge on any atom is -0.390 e. The maximum absolute atomic E-state index is 13.1. The first kappa shape index (κ1) is 13.2. The molecule has 0 amide bonds. The summed E-state index contributed by atoms with van der Waals surface area (Å²) in [5, 5.41) is 15.4. The van der Waals surface area contributed by atoms with E-state index in [9.17, 15) is 8.78 Å². The van der Waals surface area contributed by atoms with Crippen molar-refractivity contribution in [3.05, 3.63) is 0 Å². The van der Waals surface area contributed by atoms with Gasteiger partial charge in [-0.15, -0.1) is 0 Å². The van der Waals surface area contributed by atoms with Crippen molar-refractivity contribution >= 4 is 11.9 Å². The van der Waals surface area contributed by atoms with Gasteiger partial charge >= 0.3 is 5.92 Å². The molecule has 0 saturated carbocycles. The third-order valence-corrected chi connectivity index (χ3v) is 1.93. The Morgan fingerprint density at radius 1 is 1.57 bits per heavy atom. The Morgan fingerprint density at radius 3 is 2.50 bits per heavy atom. The van der Waals surface area contributed by atoms with E-state index in [0.717, 1.165) is 0 Å². The van der Waals surface area contributed by atoms with Crippen molar-refractivity contribution in [3.63, 3.8) is 0 Å². The second-order valence-corrected chi connectivity index (χ2v) is 3.03. The first-order valence-corrected chi connectivity index (χ1v) is 4.54. The fraction of sp³-hybridized carbons (Fsp3) is 0.778. The summed E-state index contributed by atoms with van der Waals surface area (Å²) < 4.78 is 26.2. The molecule has 0 heterocycles. The highest BCUT2D eigenvalue weighted by Gasteiger charge is 2.37. The van der Waals surface area contributed by atoms with Crippen molar-refractivity contribution in [3.8, 4) is 0 Å². The molecule has 1 unspecified atom stereocenters. The highest BCUT2D eigenvalue weighted by atomic mass is 19.3. The van der Waals surface area contributed by atoms with Crippen LogP contribution in [-0.4, -0.2) is 29.6 Å². The number of aliphatic hydroxyl groups excluding tert-OH is 1. The number of hydrogen-bond donors (Lipinski definition) is 1. The van der Waals surface area contributed by atoms with Gasteiger partial charge in [0.05, 0.1) is 0 Å². The first-order valence-electron chi connectivity index (χ1n) is 4.54. The first-order chi connectivity index (χ1) is 6.49. The van der Waals surface area contributed by atoms with E-state index >= 15 is 0 Å². The Bertz CT molecular complexity index is 227. The fourth-order valence-electron chi connectivity index (χ4n) is 0.926.